The number of likely N-dealkylation sites (tertiary alicyclic amines) is 1. The van der Waals surface area contributed by atoms with Gasteiger partial charge in [-0.05, 0) is 72.2 Å². The van der Waals surface area contributed by atoms with Crippen LogP contribution in [0.25, 0.3) is 32.6 Å². The molecule has 8 rings (SSSR count). The number of hydrogen-bond donors (Lipinski definition) is 5. The maximum absolute atomic E-state index is 15.7. The Morgan fingerprint density at radius 3 is 2.35 bits per heavy atom. The predicted octanol–water partition coefficient (Wildman–Crippen LogP) is 7.86. The van der Waals surface area contributed by atoms with Crippen LogP contribution >= 0.6 is 11.3 Å². The van der Waals surface area contributed by atoms with E-state index in [0.29, 0.717) is 68.2 Å². The second kappa shape index (κ2) is 24.8. The number of ketones is 1. The lowest BCUT2D eigenvalue weighted by Crippen LogP contribution is -2.57. The number of nitrogens with zero attached hydrogens (tertiary/aromatic N) is 4. The molecule has 3 aromatic carbocycles. The number of aliphatic hydroxyl groups is 1. The number of carbonyl (C=O) groups excluding carboxylic acids is 3. The van der Waals surface area contributed by atoms with Gasteiger partial charge in [0.05, 0.1) is 46.1 Å². The Hall–Kier alpha value is -6.69. The Morgan fingerprint density at radius 1 is 0.948 bits per heavy atom. The summed E-state index contributed by atoms with van der Waals surface area (Å²) in [5.41, 5.74) is 4.79. The van der Waals surface area contributed by atoms with Crippen molar-refractivity contribution in [2.45, 2.75) is 84.3 Å². The SMILES string of the molecule is C=C(NCc1ccc(-c2scnc2C)cc1)[C@@H]1C[C@@H](O)CN1C(=O)[C@@H](NC(=O)COCCCOCCCOc1ccc(-c2cnc3[nH]cc(C(=O)c4c(F)ccc(NS(=O)(=O)N5CC[C@@H](F)C5)c4F)c3c2)cc1)C(C)(C)C. The predicted molar refractivity (Wildman–Crippen MR) is 287 cm³/mol. The first-order valence-corrected chi connectivity index (χ1v) is 27.6. The summed E-state index contributed by atoms with van der Waals surface area (Å²) in [5.74, 6) is -3.80. The lowest BCUT2D eigenvalue weighted by atomic mass is 9.85. The maximum atomic E-state index is 15.7. The summed E-state index contributed by atoms with van der Waals surface area (Å²) in [6, 6.07) is 17.3. The van der Waals surface area contributed by atoms with Gasteiger partial charge in [-0.2, -0.15) is 12.7 Å². The molecular weight excluding hydrogens is 1040 g/mol. The molecule has 5 heterocycles. The van der Waals surface area contributed by atoms with Gasteiger partial charge in [-0.1, -0.05) is 63.7 Å². The molecule has 6 aromatic rings. The summed E-state index contributed by atoms with van der Waals surface area (Å²) in [5, 5.41) is 17.2. The summed E-state index contributed by atoms with van der Waals surface area (Å²) in [7, 11) is -4.38. The molecule has 0 radical (unpaired) electrons. The van der Waals surface area contributed by atoms with Crippen molar-refractivity contribution in [3.8, 4) is 27.3 Å². The number of aromatic amines is 1. The number of H-pyrrole nitrogens is 1. The number of thiazole rings is 1. The molecule has 2 fully saturated rings. The number of carbonyl (C=O) groups is 3. The van der Waals surface area contributed by atoms with Gasteiger partial charge in [0.25, 0.3) is 0 Å². The van der Waals surface area contributed by atoms with Crippen LogP contribution in [0.5, 0.6) is 5.75 Å². The molecule has 410 valence electrons. The molecule has 4 atom stereocenters. The third-order valence-electron chi connectivity index (χ3n) is 13.3. The number of anilines is 1. The van der Waals surface area contributed by atoms with Gasteiger partial charge in [-0.15, -0.1) is 11.3 Å². The van der Waals surface area contributed by atoms with E-state index in [1.807, 2.05) is 50.1 Å². The molecule has 0 unspecified atom stereocenters. The Labute approximate surface area is 449 Å². The van der Waals surface area contributed by atoms with Crippen molar-refractivity contribution >= 4 is 55.9 Å². The lowest BCUT2D eigenvalue weighted by molar-refractivity contribution is -0.141. The van der Waals surface area contributed by atoms with Gasteiger partial charge in [-0.25, -0.2) is 23.1 Å². The largest absolute Gasteiger partial charge is 0.494 e. The highest BCUT2D eigenvalue weighted by molar-refractivity contribution is 7.90. The quantitative estimate of drug-likeness (QED) is 0.0289. The van der Waals surface area contributed by atoms with Crippen molar-refractivity contribution in [3.63, 3.8) is 0 Å². The number of fused-ring (bicyclic) bond motifs is 1. The normalized spacial score (nSPS) is 17.4. The van der Waals surface area contributed by atoms with Crippen molar-refractivity contribution in [1.29, 1.82) is 0 Å². The molecule has 2 amide bonds. The molecule has 2 aliphatic rings. The number of nitrogens with one attached hydrogen (secondary N) is 4. The van der Waals surface area contributed by atoms with Crippen LogP contribution in [0.4, 0.5) is 18.9 Å². The van der Waals surface area contributed by atoms with Gasteiger partial charge in [0.15, 0.2) is 5.82 Å². The minimum absolute atomic E-state index is 0.0121. The molecule has 77 heavy (non-hydrogen) atoms. The first-order chi connectivity index (χ1) is 36.8. The number of β-amino-alcohol motifs (C(OH)–C–C–N with tert-alkyl or cyclic N) is 1. The fourth-order valence-electron chi connectivity index (χ4n) is 9.15. The zero-order chi connectivity index (χ0) is 55.0. The number of benzene rings is 3. The molecule has 17 nitrogen and oxygen atoms in total. The summed E-state index contributed by atoms with van der Waals surface area (Å²) >= 11 is 1.60. The average molecular weight is 1100 g/mol. The molecule has 0 saturated carbocycles. The number of alkyl halides is 1. The summed E-state index contributed by atoms with van der Waals surface area (Å²) in [6.07, 6.45) is 2.18. The Morgan fingerprint density at radius 2 is 1.66 bits per heavy atom. The van der Waals surface area contributed by atoms with Crippen LogP contribution in [-0.2, 0) is 35.8 Å². The number of amides is 2. The van der Waals surface area contributed by atoms with Crippen LogP contribution in [0.3, 0.4) is 0 Å². The number of aryl methyl sites for hydroxylation is 1. The molecule has 5 N–H and O–H groups in total. The molecule has 0 spiro atoms. The number of pyridine rings is 1. The van der Waals surface area contributed by atoms with E-state index in [1.165, 1.54) is 6.20 Å². The van der Waals surface area contributed by atoms with Gasteiger partial charge in [-0.3, -0.25) is 19.1 Å². The summed E-state index contributed by atoms with van der Waals surface area (Å²) in [4.78, 5) is 55.2. The molecule has 22 heteroatoms. The molecule has 0 aliphatic carbocycles. The molecule has 3 aromatic heterocycles. The number of aromatic nitrogens is 3. The van der Waals surface area contributed by atoms with Crippen molar-refractivity contribution in [1.82, 2.24) is 34.8 Å². The van der Waals surface area contributed by atoms with E-state index in [9.17, 15) is 32.3 Å². The number of halogens is 3. The third kappa shape index (κ3) is 13.9. The van der Waals surface area contributed by atoms with Gasteiger partial charge in [0.1, 0.15) is 36.0 Å². The topological polar surface area (TPSA) is 217 Å². The van der Waals surface area contributed by atoms with Crippen molar-refractivity contribution in [2.24, 2.45) is 5.41 Å². The van der Waals surface area contributed by atoms with Crippen LogP contribution in [0.2, 0.25) is 0 Å². The fraction of sp³-hybridized carbons (Fsp3) is 0.400. The highest BCUT2D eigenvalue weighted by atomic mass is 32.2. The standard InChI is InChI=1S/C55H63F3N8O9S2/c1-33(59-26-35-8-10-37(11-9-35)51-34(2)62-32-76-51)46-25-40(67)30-66(46)54(70)52(55(3,4)5)63-47(68)31-74-22-6-20-73-21-7-23-75-41-14-12-36(13-15-41)38-24-42-43(28-61-53(42)60-27-38)50(69)48-44(57)16-17-45(49(48)58)64-77(71,72)65-19-18-39(56)29-65/h8-17,24,27-28,32,39-40,46,52,59,64,67H,1,6-7,18-23,25-26,29-31H2,2-5H3,(H,60,61)(H,63,68)/t39-,40-,46+,52-/m1/s1. The van der Waals surface area contributed by atoms with Crippen LogP contribution in [0.15, 0.2) is 96.9 Å². The van der Waals surface area contributed by atoms with E-state index in [2.05, 4.69) is 44.3 Å². The average Bonchev–Trinajstić information content (AvgIpc) is 4.24. The lowest BCUT2D eigenvalue weighted by Gasteiger charge is -2.36. The van der Waals surface area contributed by atoms with E-state index in [-0.39, 0.29) is 55.2 Å². The molecule has 0 bridgehead atoms. The smallest absolute Gasteiger partial charge is 0.301 e. The molecule has 2 saturated heterocycles. The number of rotatable bonds is 24. The number of hydrogen-bond acceptors (Lipinski definition) is 13. The van der Waals surface area contributed by atoms with Crippen LogP contribution < -0.4 is 20.1 Å². The fourth-order valence-corrected chi connectivity index (χ4v) is 11.2. The first-order valence-electron chi connectivity index (χ1n) is 25.3. The van der Waals surface area contributed by atoms with Crippen LogP contribution in [-0.4, -0.2) is 132 Å². The molecule has 2 aliphatic heterocycles. The van der Waals surface area contributed by atoms with Gasteiger partial charge in [0.2, 0.25) is 17.6 Å². The Bertz CT molecular complexity index is 3190. The maximum Gasteiger partial charge on any atom is 0.301 e. The van der Waals surface area contributed by atoms with E-state index in [0.717, 1.165) is 38.1 Å². The minimum Gasteiger partial charge on any atom is -0.494 e. The van der Waals surface area contributed by atoms with E-state index in [4.69, 9.17) is 14.2 Å². The first kappa shape index (κ1) is 56.5. The highest BCUT2D eigenvalue weighted by Crippen LogP contribution is 2.33. The van der Waals surface area contributed by atoms with Crippen molar-refractivity contribution < 1.29 is 55.3 Å². The number of aliphatic hydroxyl groups excluding tert-OH is 1. The second-order valence-corrected chi connectivity index (χ2v) is 22.7. The van der Waals surface area contributed by atoms with E-state index >= 15 is 8.78 Å². The monoisotopic (exact) mass is 1100 g/mol. The third-order valence-corrected chi connectivity index (χ3v) is 15.8. The number of ether oxygens (including phenoxy) is 3. The minimum atomic E-state index is -4.38. The van der Waals surface area contributed by atoms with Gasteiger partial charge < -0.3 is 39.8 Å². The van der Waals surface area contributed by atoms with Gasteiger partial charge >= 0.3 is 10.2 Å². The van der Waals surface area contributed by atoms with E-state index in [1.54, 1.807) is 52.8 Å². The van der Waals surface area contributed by atoms with Gasteiger partial charge in [0, 0.05) is 93.4 Å². The van der Waals surface area contributed by atoms with Crippen molar-refractivity contribution in [2.75, 3.05) is 57.4 Å². The zero-order valence-electron chi connectivity index (χ0n) is 43.2. The second-order valence-electron chi connectivity index (χ2n) is 20.1. The summed E-state index contributed by atoms with van der Waals surface area (Å²) in [6.45, 7) is 13.1. The van der Waals surface area contributed by atoms with E-state index < -0.39 is 81.1 Å². The van der Waals surface area contributed by atoms with Crippen LogP contribution in [0, 0.1) is 24.0 Å². The summed E-state index contributed by atoms with van der Waals surface area (Å²) < 4.78 is 90.2. The zero-order valence-corrected chi connectivity index (χ0v) is 44.9. The van der Waals surface area contributed by atoms with Crippen molar-refractivity contribution in [3.05, 3.63) is 131 Å². The Balaban J connectivity index is 0.736. The molecular formula is C55H63F3N8O9S2. The highest BCUT2D eigenvalue weighted by Gasteiger charge is 2.43. The Kier molecular flexibility index (Phi) is 18.2. The van der Waals surface area contributed by atoms with Crippen LogP contribution in [0.1, 0.15) is 73.6 Å².